The fourth-order valence-electron chi connectivity index (χ4n) is 2.20. The summed E-state index contributed by atoms with van der Waals surface area (Å²) < 4.78 is 41.1. The number of rotatable bonds is 3. The van der Waals surface area contributed by atoms with Gasteiger partial charge in [0.15, 0.2) is 0 Å². The Hall–Kier alpha value is -0.500. The molecule has 0 radical (unpaired) electrons. The lowest BCUT2D eigenvalue weighted by Crippen LogP contribution is -2.46. The van der Waals surface area contributed by atoms with Gasteiger partial charge in [-0.2, -0.15) is 0 Å². The lowest BCUT2D eigenvalue weighted by Gasteiger charge is -2.28. The quantitative estimate of drug-likeness (QED) is 0.876. The van der Waals surface area contributed by atoms with E-state index >= 15 is 0 Å². The third kappa shape index (κ3) is 3.75. The Balaban J connectivity index is 2.20. The summed E-state index contributed by atoms with van der Waals surface area (Å²) in [5.41, 5.74) is 0. The van der Waals surface area contributed by atoms with Crippen molar-refractivity contribution in [2.24, 2.45) is 0 Å². The maximum absolute atomic E-state index is 13.6. The van der Waals surface area contributed by atoms with Crippen LogP contribution in [0.2, 0.25) is 0 Å². The highest BCUT2D eigenvalue weighted by atomic mass is 79.9. The molecule has 0 aromatic heterocycles. The molecule has 0 saturated carbocycles. The van der Waals surface area contributed by atoms with Gasteiger partial charge in [-0.15, -0.1) is 0 Å². The Morgan fingerprint density at radius 3 is 2.89 bits per heavy atom. The first kappa shape index (κ1) is 14.9. The first-order valence-corrected chi connectivity index (χ1v) is 8.37. The van der Waals surface area contributed by atoms with Crippen LogP contribution in [0.4, 0.5) is 4.39 Å². The minimum Gasteiger partial charge on any atom is -0.314 e. The Morgan fingerprint density at radius 1 is 1.47 bits per heavy atom. The summed E-state index contributed by atoms with van der Waals surface area (Å²) in [4.78, 5) is -0.312. The van der Waals surface area contributed by atoms with Gasteiger partial charge in [0.25, 0.3) is 0 Å². The van der Waals surface area contributed by atoms with Crippen LogP contribution in [0, 0.1) is 5.82 Å². The third-order valence-electron chi connectivity index (χ3n) is 3.13. The monoisotopic (exact) mass is 350 g/mol. The van der Waals surface area contributed by atoms with Crippen LogP contribution >= 0.6 is 15.9 Å². The fourth-order valence-corrected chi connectivity index (χ4v) is 4.10. The van der Waals surface area contributed by atoms with Crippen LogP contribution in [0.1, 0.15) is 19.8 Å². The second-order valence-electron chi connectivity index (χ2n) is 4.77. The summed E-state index contributed by atoms with van der Waals surface area (Å²) in [6, 6.07) is 4.00. The van der Waals surface area contributed by atoms with E-state index in [9.17, 15) is 12.8 Å². The molecule has 7 heteroatoms. The van der Waals surface area contributed by atoms with E-state index in [1.165, 1.54) is 12.1 Å². The molecule has 2 unspecified atom stereocenters. The van der Waals surface area contributed by atoms with Crippen molar-refractivity contribution in [1.29, 1.82) is 0 Å². The standard InChI is InChI=1S/C12H16BrFN2O2S/c1-8-6-10(4-5-15-8)16-19(17,18)12-7-9(13)2-3-11(12)14/h2-3,7-8,10,15-16H,4-6H2,1H3. The average molecular weight is 351 g/mol. The topological polar surface area (TPSA) is 58.2 Å². The molecular formula is C12H16BrFN2O2S. The maximum atomic E-state index is 13.6. The van der Waals surface area contributed by atoms with Gasteiger partial charge in [0, 0.05) is 16.6 Å². The number of nitrogens with one attached hydrogen (secondary N) is 2. The van der Waals surface area contributed by atoms with E-state index in [2.05, 4.69) is 26.0 Å². The van der Waals surface area contributed by atoms with Crippen molar-refractivity contribution >= 4 is 26.0 Å². The fraction of sp³-hybridized carbons (Fsp3) is 0.500. The van der Waals surface area contributed by atoms with E-state index in [0.717, 1.165) is 12.6 Å². The van der Waals surface area contributed by atoms with Gasteiger partial charge in [-0.05, 0) is 44.5 Å². The molecule has 1 aromatic rings. The molecular weight excluding hydrogens is 335 g/mol. The number of benzene rings is 1. The lowest BCUT2D eigenvalue weighted by atomic mass is 10.0. The van der Waals surface area contributed by atoms with E-state index in [0.29, 0.717) is 17.3 Å². The highest BCUT2D eigenvalue weighted by Crippen LogP contribution is 2.21. The summed E-state index contributed by atoms with van der Waals surface area (Å²) in [5.74, 6) is -0.738. The van der Waals surface area contributed by atoms with Crippen molar-refractivity contribution in [3.63, 3.8) is 0 Å². The molecule has 1 fully saturated rings. The molecule has 19 heavy (non-hydrogen) atoms. The molecule has 106 valence electrons. The smallest absolute Gasteiger partial charge is 0.243 e. The largest absolute Gasteiger partial charge is 0.314 e. The number of sulfonamides is 1. The van der Waals surface area contributed by atoms with Crippen LogP contribution in [-0.2, 0) is 10.0 Å². The Labute approximate surface area is 121 Å². The molecule has 2 rings (SSSR count). The number of hydrogen-bond donors (Lipinski definition) is 2. The zero-order valence-corrected chi connectivity index (χ0v) is 12.9. The molecule has 4 nitrogen and oxygen atoms in total. The van der Waals surface area contributed by atoms with Crippen molar-refractivity contribution in [2.75, 3.05) is 6.54 Å². The van der Waals surface area contributed by atoms with Gasteiger partial charge in [0.2, 0.25) is 10.0 Å². The minimum atomic E-state index is -3.82. The van der Waals surface area contributed by atoms with E-state index < -0.39 is 15.8 Å². The van der Waals surface area contributed by atoms with Gasteiger partial charge in [-0.3, -0.25) is 0 Å². The number of piperidine rings is 1. The van der Waals surface area contributed by atoms with Crippen molar-refractivity contribution in [3.8, 4) is 0 Å². The highest BCUT2D eigenvalue weighted by molar-refractivity contribution is 9.10. The lowest BCUT2D eigenvalue weighted by molar-refractivity contribution is 0.361. The normalized spacial score (nSPS) is 24.4. The van der Waals surface area contributed by atoms with E-state index in [1.54, 1.807) is 0 Å². The van der Waals surface area contributed by atoms with Crippen LogP contribution in [0.3, 0.4) is 0 Å². The summed E-state index contributed by atoms with van der Waals surface area (Å²) in [7, 11) is -3.82. The minimum absolute atomic E-state index is 0.153. The predicted octanol–water partition coefficient (Wildman–Crippen LogP) is 2.01. The van der Waals surface area contributed by atoms with Crippen molar-refractivity contribution in [1.82, 2.24) is 10.0 Å². The molecule has 1 saturated heterocycles. The van der Waals surface area contributed by atoms with Crippen LogP contribution < -0.4 is 10.0 Å². The van der Waals surface area contributed by atoms with E-state index in [4.69, 9.17) is 0 Å². The molecule has 0 spiro atoms. The summed E-state index contributed by atoms with van der Waals surface area (Å²) in [5, 5.41) is 3.24. The summed E-state index contributed by atoms with van der Waals surface area (Å²) in [6.45, 7) is 2.76. The first-order valence-electron chi connectivity index (χ1n) is 6.09. The Bertz CT molecular complexity index is 565. The van der Waals surface area contributed by atoms with Gasteiger partial charge in [-0.25, -0.2) is 17.5 Å². The van der Waals surface area contributed by atoms with Crippen LogP contribution in [0.5, 0.6) is 0 Å². The average Bonchev–Trinajstić information content (AvgIpc) is 2.31. The second kappa shape index (κ2) is 5.87. The Kier molecular flexibility index (Phi) is 4.60. The Morgan fingerprint density at radius 2 is 2.21 bits per heavy atom. The SMILES string of the molecule is CC1CC(NS(=O)(=O)c2cc(Br)ccc2F)CCN1. The molecule has 0 amide bonds. The molecule has 2 N–H and O–H groups in total. The van der Waals surface area contributed by atoms with E-state index in [-0.39, 0.29) is 17.0 Å². The van der Waals surface area contributed by atoms with Crippen molar-refractivity contribution < 1.29 is 12.8 Å². The molecule has 1 heterocycles. The summed E-state index contributed by atoms with van der Waals surface area (Å²) >= 11 is 3.15. The van der Waals surface area contributed by atoms with Gasteiger partial charge < -0.3 is 5.32 Å². The molecule has 1 aliphatic heterocycles. The molecule has 2 atom stereocenters. The molecule has 0 bridgehead atoms. The molecule has 1 aromatic carbocycles. The zero-order chi connectivity index (χ0) is 14.0. The maximum Gasteiger partial charge on any atom is 0.243 e. The van der Waals surface area contributed by atoms with Gasteiger partial charge in [0.1, 0.15) is 10.7 Å². The van der Waals surface area contributed by atoms with Crippen molar-refractivity contribution in [3.05, 3.63) is 28.5 Å². The third-order valence-corrected chi connectivity index (χ3v) is 5.16. The van der Waals surface area contributed by atoms with Crippen LogP contribution in [-0.4, -0.2) is 27.0 Å². The molecule has 1 aliphatic rings. The second-order valence-corrected chi connectivity index (χ2v) is 7.37. The number of halogens is 2. The zero-order valence-electron chi connectivity index (χ0n) is 10.5. The highest BCUT2D eigenvalue weighted by Gasteiger charge is 2.26. The van der Waals surface area contributed by atoms with Gasteiger partial charge >= 0.3 is 0 Å². The van der Waals surface area contributed by atoms with Gasteiger partial charge in [-0.1, -0.05) is 15.9 Å². The van der Waals surface area contributed by atoms with Gasteiger partial charge in [0.05, 0.1) is 0 Å². The molecule has 0 aliphatic carbocycles. The van der Waals surface area contributed by atoms with E-state index in [1.807, 2.05) is 6.92 Å². The van der Waals surface area contributed by atoms with Crippen LogP contribution in [0.25, 0.3) is 0 Å². The van der Waals surface area contributed by atoms with Crippen LogP contribution in [0.15, 0.2) is 27.6 Å². The first-order chi connectivity index (χ1) is 8.88. The number of hydrogen-bond acceptors (Lipinski definition) is 3. The predicted molar refractivity (Wildman–Crippen MR) is 74.9 cm³/mol. The summed E-state index contributed by atoms with van der Waals surface area (Å²) in [6.07, 6.45) is 1.41. The van der Waals surface area contributed by atoms with Crippen molar-refractivity contribution in [2.45, 2.75) is 36.7 Å².